The lowest BCUT2D eigenvalue weighted by molar-refractivity contribution is 0.226. The van der Waals surface area contributed by atoms with Crippen LogP contribution >= 0.6 is 12.4 Å². The van der Waals surface area contributed by atoms with Crippen LogP contribution in [0.2, 0.25) is 0 Å². The molecule has 0 amide bonds. The molecule has 22 heavy (non-hydrogen) atoms. The van der Waals surface area contributed by atoms with Crippen LogP contribution in [0, 0.1) is 0 Å². The minimum atomic E-state index is 0. The number of piperidine rings is 1. The molecule has 2 aromatic rings. The lowest BCUT2D eigenvalue weighted by Gasteiger charge is -2.26. The van der Waals surface area contributed by atoms with Crippen LogP contribution in [0.5, 0.6) is 5.75 Å². The summed E-state index contributed by atoms with van der Waals surface area (Å²) in [6.07, 6.45) is 6.61. The van der Waals surface area contributed by atoms with Crippen molar-refractivity contribution >= 4 is 23.2 Å². The molecule has 1 fully saturated rings. The number of rotatable bonds is 5. The Bertz CT molecular complexity index is 593. The number of hydrogen-bond acceptors (Lipinski definition) is 2. The summed E-state index contributed by atoms with van der Waals surface area (Å²) in [5.74, 6) is 0.938. The summed E-state index contributed by atoms with van der Waals surface area (Å²) in [4.78, 5) is 2.62. The molecule has 120 valence electrons. The zero-order valence-electron chi connectivity index (χ0n) is 13.4. The molecule has 2 aromatic carbocycles. The molecule has 1 aliphatic rings. The van der Waals surface area contributed by atoms with Crippen LogP contribution in [0.1, 0.15) is 31.2 Å². The van der Waals surface area contributed by atoms with Gasteiger partial charge in [-0.3, -0.25) is 0 Å². The second-order valence-electron chi connectivity index (χ2n) is 6.01. The third kappa shape index (κ3) is 4.15. The number of nitrogens with zero attached hydrogens (tertiary/aromatic N) is 1. The molecule has 3 heteroatoms. The first-order chi connectivity index (χ1) is 10.4. The second kappa shape index (κ2) is 8.40. The van der Waals surface area contributed by atoms with E-state index < -0.39 is 0 Å². The zero-order chi connectivity index (χ0) is 14.5. The Morgan fingerprint density at radius 3 is 2.64 bits per heavy atom. The van der Waals surface area contributed by atoms with Gasteiger partial charge in [0.15, 0.2) is 0 Å². The summed E-state index contributed by atoms with van der Waals surface area (Å²) in [7, 11) is 1.73. The standard InChI is InChI=1S/C19H25NO.ClH/c1-21-18-10-11-19-16(7-5-8-17(19)15-18)9-6-14-20-12-3-2-4-13-20;/h5,7-8,10-11,15H,2-4,6,9,12-14H2,1H3;1H. The fourth-order valence-electron chi connectivity index (χ4n) is 3.35. The highest BCUT2D eigenvalue weighted by Gasteiger charge is 2.09. The van der Waals surface area contributed by atoms with Crippen molar-refractivity contribution in [2.45, 2.75) is 32.1 Å². The monoisotopic (exact) mass is 319 g/mol. The number of ether oxygens (including phenoxy) is 1. The minimum Gasteiger partial charge on any atom is -0.497 e. The van der Waals surface area contributed by atoms with Crippen molar-refractivity contribution in [3.8, 4) is 5.75 Å². The lowest BCUT2D eigenvalue weighted by Crippen LogP contribution is -2.30. The Kier molecular flexibility index (Phi) is 6.53. The zero-order valence-corrected chi connectivity index (χ0v) is 14.2. The van der Waals surface area contributed by atoms with Gasteiger partial charge < -0.3 is 9.64 Å². The van der Waals surface area contributed by atoms with E-state index in [0.717, 1.165) is 5.75 Å². The number of halogens is 1. The quantitative estimate of drug-likeness (QED) is 0.792. The Morgan fingerprint density at radius 2 is 1.86 bits per heavy atom. The van der Waals surface area contributed by atoms with Gasteiger partial charge in [-0.25, -0.2) is 0 Å². The van der Waals surface area contributed by atoms with Crippen molar-refractivity contribution in [2.75, 3.05) is 26.7 Å². The molecule has 1 saturated heterocycles. The van der Waals surface area contributed by atoms with Crippen molar-refractivity contribution < 1.29 is 4.74 Å². The van der Waals surface area contributed by atoms with Crippen LogP contribution in [0.15, 0.2) is 36.4 Å². The van der Waals surface area contributed by atoms with Gasteiger partial charge in [0.25, 0.3) is 0 Å². The van der Waals surface area contributed by atoms with Crippen molar-refractivity contribution in [1.82, 2.24) is 4.90 Å². The summed E-state index contributed by atoms with van der Waals surface area (Å²) < 4.78 is 5.32. The van der Waals surface area contributed by atoms with Crippen LogP contribution < -0.4 is 4.74 Å². The molecule has 0 aliphatic carbocycles. The molecule has 3 rings (SSSR count). The van der Waals surface area contributed by atoms with Gasteiger partial charge in [0, 0.05) is 0 Å². The first kappa shape index (κ1) is 17.1. The van der Waals surface area contributed by atoms with Gasteiger partial charge in [-0.15, -0.1) is 12.4 Å². The van der Waals surface area contributed by atoms with Crippen molar-refractivity contribution in [2.24, 2.45) is 0 Å². The summed E-state index contributed by atoms with van der Waals surface area (Å²) in [6, 6.07) is 13.0. The third-order valence-corrected chi connectivity index (χ3v) is 4.55. The number of fused-ring (bicyclic) bond motifs is 1. The lowest BCUT2D eigenvalue weighted by atomic mass is 10.0. The number of methoxy groups -OCH3 is 1. The molecule has 0 bridgehead atoms. The van der Waals surface area contributed by atoms with Crippen LogP contribution in [0.4, 0.5) is 0 Å². The van der Waals surface area contributed by atoms with E-state index in [1.165, 1.54) is 68.1 Å². The summed E-state index contributed by atoms with van der Waals surface area (Å²) >= 11 is 0. The highest BCUT2D eigenvalue weighted by atomic mass is 35.5. The van der Waals surface area contributed by atoms with E-state index >= 15 is 0 Å². The van der Waals surface area contributed by atoms with E-state index in [9.17, 15) is 0 Å². The molecule has 2 nitrogen and oxygen atoms in total. The van der Waals surface area contributed by atoms with Gasteiger partial charge in [-0.1, -0.05) is 30.7 Å². The average Bonchev–Trinajstić information content (AvgIpc) is 2.55. The summed E-state index contributed by atoms with van der Waals surface area (Å²) in [5, 5.41) is 2.65. The molecule has 1 heterocycles. The SMILES string of the molecule is COc1ccc2c(CCCN3CCCCC3)cccc2c1.Cl. The normalized spacial score (nSPS) is 15.5. The summed E-state index contributed by atoms with van der Waals surface area (Å²) in [5.41, 5.74) is 1.46. The smallest absolute Gasteiger partial charge is 0.119 e. The first-order valence-corrected chi connectivity index (χ1v) is 8.15. The topological polar surface area (TPSA) is 12.5 Å². The van der Waals surface area contributed by atoms with Gasteiger partial charge in [0.2, 0.25) is 0 Å². The molecule has 0 saturated carbocycles. The Balaban J connectivity index is 0.00000176. The maximum atomic E-state index is 5.32. The largest absolute Gasteiger partial charge is 0.497 e. The second-order valence-corrected chi connectivity index (χ2v) is 6.01. The Labute approximate surface area is 139 Å². The fourth-order valence-corrected chi connectivity index (χ4v) is 3.35. The van der Waals surface area contributed by atoms with Crippen LogP contribution in [0.3, 0.4) is 0 Å². The van der Waals surface area contributed by atoms with E-state index in [4.69, 9.17) is 4.74 Å². The first-order valence-electron chi connectivity index (χ1n) is 8.15. The van der Waals surface area contributed by atoms with Crippen molar-refractivity contribution in [1.29, 1.82) is 0 Å². The van der Waals surface area contributed by atoms with E-state index in [0.29, 0.717) is 0 Å². The molecule has 0 aromatic heterocycles. The van der Waals surface area contributed by atoms with E-state index in [1.54, 1.807) is 7.11 Å². The molecule has 0 radical (unpaired) electrons. The predicted octanol–water partition coefficient (Wildman–Crippen LogP) is 4.69. The predicted molar refractivity (Wildman–Crippen MR) is 96.4 cm³/mol. The van der Waals surface area contributed by atoms with Gasteiger partial charge >= 0.3 is 0 Å². The van der Waals surface area contributed by atoms with Crippen LogP contribution in [-0.2, 0) is 6.42 Å². The Morgan fingerprint density at radius 1 is 1.05 bits per heavy atom. The molecular weight excluding hydrogens is 294 g/mol. The van der Waals surface area contributed by atoms with Gasteiger partial charge in [-0.05, 0) is 73.8 Å². The van der Waals surface area contributed by atoms with Crippen molar-refractivity contribution in [3.63, 3.8) is 0 Å². The maximum Gasteiger partial charge on any atom is 0.119 e. The van der Waals surface area contributed by atoms with E-state index in [-0.39, 0.29) is 12.4 Å². The fraction of sp³-hybridized carbons (Fsp3) is 0.474. The Hall–Kier alpha value is -1.25. The van der Waals surface area contributed by atoms with E-state index in [1.807, 2.05) is 0 Å². The minimum absolute atomic E-state index is 0. The number of aryl methyl sites for hydroxylation is 1. The van der Waals surface area contributed by atoms with Crippen molar-refractivity contribution in [3.05, 3.63) is 42.0 Å². The van der Waals surface area contributed by atoms with Crippen LogP contribution in [0.25, 0.3) is 10.8 Å². The number of hydrogen-bond donors (Lipinski definition) is 0. The summed E-state index contributed by atoms with van der Waals surface area (Å²) in [6.45, 7) is 3.84. The average molecular weight is 320 g/mol. The highest BCUT2D eigenvalue weighted by molar-refractivity contribution is 5.87. The van der Waals surface area contributed by atoms with Crippen LogP contribution in [-0.4, -0.2) is 31.6 Å². The molecule has 1 aliphatic heterocycles. The maximum absolute atomic E-state index is 5.32. The van der Waals surface area contributed by atoms with Gasteiger partial charge in [-0.2, -0.15) is 0 Å². The van der Waals surface area contributed by atoms with E-state index in [2.05, 4.69) is 41.3 Å². The highest BCUT2D eigenvalue weighted by Crippen LogP contribution is 2.24. The molecule has 0 unspecified atom stereocenters. The number of likely N-dealkylation sites (tertiary alicyclic amines) is 1. The molecule has 0 N–H and O–H groups in total. The third-order valence-electron chi connectivity index (χ3n) is 4.55. The number of benzene rings is 2. The van der Waals surface area contributed by atoms with Gasteiger partial charge in [0.05, 0.1) is 7.11 Å². The molecule has 0 spiro atoms. The molecular formula is C19H26ClNO. The molecule has 0 atom stereocenters. The van der Waals surface area contributed by atoms with Gasteiger partial charge in [0.1, 0.15) is 5.75 Å².